The van der Waals surface area contributed by atoms with Crippen LogP contribution >= 0.6 is 0 Å². The van der Waals surface area contributed by atoms with Gasteiger partial charge in [0.05, 0.1) is 12.0 Å². The highest BCUT2D eigenvalue weighted by atomic mass is 32.2. The van der Waals surface area contributed by atoms with Crippen molar-refractivity contribution in [1.82, 2.24) is 23.8 Å². The van der Waals surface area contributed by atoms with Gasteiger partial charge in [-0.25, -0.2) is 19.1 Å². The van der Waals surface area contributed by atoms with Crippen LogP contribution in [0.4, 0.5) is 0 Å². The predicted octanol–water partition coefficient (Wildman–Crippen LogP) is 5.03. The average molecular weight is 640 g/mol. The number of hydrogen-bond acceptors (Lipinski definition) is 9. The molecule has 7 rings (SSSR count). The van der Waals surface area contributed by atoms with Crippen molar-refractivity contribution in [2.75, 3.05) is 7.05 Å². The number of aromatic nitrogens is 4. The quantitative estimate of drug-likeness (QED) is 0.205. The molecule has 0 saturated carbocycles. The fourth-order valence-corrected chi connectivity index (χ4v) is 7.66. The van der Waals surface area contributed by atoms with E-state index in [0.717, 1.165) is 16.7 Å². The van der Waals surface area contributed by atoms with E-state index < -0.39 is 46.4 Å². The molecule has 0 N–H and O–H groups in total. The molecule has 5 aromatic rings. The van der Waals surface area contributed by atoms with Crippen LogP contribution in [0.15, 0.2) is 110 Å². The Morgan fingerprint density at radius 1 is 0.870 bits per heavy atom. The van der Waals surface area contributed by atoms with Gasteiger partial charge in [0.15, 0.2) is 17.7 Å². The Balaban J connectivity index is 1.31. The Kier molecular flexibility index (Phi) is 7.59. The van der Waals surface area contributed by atoms with Crippen molar-refractivity contribution >= 4 is 27.5 Å². The maximum absolute atomic E-state index is 14.6. The van der Waals surface area contributed by atoms with E-state index in [-0.39, 0.29) is 0 Å². The first-order chi connectivity index (χ1) is 22.2. The number of benzene rings is 3. The second kappa shape index (κ2) is 11.5. The molecule has 4 atom stereocenters. The van der Waals surface area contributed by atoms with Gasteiger partial charge < -0.3 is 14.2 Å². The van der Waals surface area contributed by atoms with Crippen LogP contribution in [-0.2, 0) is 34.2 Å². The molecule has 2 aliphatic rings. The third-order valence-corrected chi connectivity index (χ3v) is 9.82. The Bertz CT molecular complexity index is 1870. The molecule has 0 amide bonds. The number of rotatable bonds is 9. The van der Waals surface area contributed by atoms with Gasteiger partial charge in [0.25, 0.3) is 0 Å². The van der Waals surface area contributed by atoms with Gasteiger partial charge in [0, 0.05) is 7.05 Å². The molecule has 3 aromatic carbocycles. The minimum absolute atomic E-state index is 0.471. The summed E-state index contributed by atoms with van der Waals surface area (Å²) in [5.74, 6) is -1.03. The van der Waals surface area contributed by atoms with E-state index in [9.17, 15) is 8.42 Å². The van der Waals surface area contributed by atoms with Crippen LogP contribution in [0.3, 0.4) is 0 Å². The largest absolute Gasteiger partial charge is 0.342 e. The van der Waals surface area contributed by atoms with E-state index in [4.69, 9.17) is 18.4 Å². The molecule has 0 unspecified atom stereocenters. The molecule has 4 heterocycles. The number of hydrogen-bond donors (Lipinski definition) is 0. The summed E-state index contributed by atoms with van der Waals surface area (Å²) in [6.07, 6.45) is 0.702. The summed E-state index contributed by atoms with van der Waals surface area (Å²) in [5.41, 5.74) is 2.44. The lowest BCUT2D eigenvalue weighted by molar-refractivity contribution is -0.224. The number of nitrogens with zero attached hydrogens (tertiary/aromatic N) is 5. The molecule has 2 saturated heterocycles. The van der Waals surface area contributed by atoms with Gasteiger partial charge in [0.2, 0.25) is 6.29 Å². The zero-order chi connectivity index (χ0) is 32.1. The van der Waals surface area contributed by atoms with Crippen LogP contribution in [0.1, 0.15) is 42.5 Å². The summed E-state index contributed by atoms with van der Waals surface area (Å²) in [6, 6.07) is 28.4. The third kappa shape index (κ3) is 4.94. The fraction of sp³-hybridized carbons (Fsp3) is 0.265. The van der Waals surface area contributed by atoms with Gasteiger partial charge in [-0.05, 0) is 36.6 Å². The fourth-order valence-electron chi connectivity index (χ4n) is 6.48. The molecule has 0 bridgehead atoms. The van der Waals surface area contributed by atoms with Crippen LogP contribution in [0.2, 0.25) is 0 Å². The first kappa shape index (κ1) is 30.4. The summed E-state index contributed by atoms with van der Waals surface area (Å²) < 4.78 is 56.8. The molecule has 0 aliphatic carbocycles. The molecule has 2 fully saturated rings. The Labute approximate surface area is 267 Å². The molecular formula is C34H33N5O6S. The molecule has 0 radical (unpaired) electrons. The lowest BCUT2D eigenvalue weighted by Gasteiger charge is -2.42. The molecular weight excluding hydrogens is 606 g/mol. The van der Waals surface area contributed by atoms with Crippen molar-refractivity contribution in [3.05, 3.63) is 133 Å². The van der Waals surface area contributed by atoms with Crippen molar-refractivity contribution in [3.8, 4) is 0 Å². The van der Waals surface area contributed by atoms with Gasteiger partial charge in [-0.2, -0.15) is 12.7 Å². The topological polar surface area (TPSA) is 118 Å². The van der Waals surface area contributed by atoms with E-state index in [1.165, 1.54) is 17.7 Å². The highest BCUT2D eigenvalue weighted by molar-refractivity contribution is 7.84. The van der Waals surface area contributed by atoms with Gasteiger partial charge in [-0.1, -0.05) is 97.6 Å². The SMILES string of the molecule is C=Cc1ncnc2c1ncn2[C@@H]1O[C@H](OS(=O)(=O)N(C)C(c2ccccc2)(c2ccccc2)c2ccccc2)[C@@H]2OC(C)(C)O[C@H]21. The zero-order valence-corrected chi connectivity index (χ0v) is 26.3. The molecule has 46 heavy (non-hydrogen) atoms. The van der Waals surface area contributed by atoms with Crippen molar-refractivity contribution < 1.29 is 26.8 Å². The van der Waals surface area contributed by atoms with Crippen LogP contribution in [0, 0.1) is 0 Å². The smallest absolute Gasteiger partial charge is 0.340 e. The first-order valence-corrected chi connectivity index (χ1v) is 16.2. The van der Waals surface area contributed by atoms with E-state index in [2.05, 4.69) is 21.5 Å². The molecule has 11 nitrogen and oxygen atoms in total. The maximum Gasteiger partial charge on any atom is 0.342 e. The van der Waals surface area contributed by atoms with Crippen molar-refractivity contribution in [2.24, 2.45) is 0 Å². The van der Waals surface area contributed by atoms with E-state index in [1.54, 1.807) is 30.8 Å². The van der Waals surface area contributed by atoms with Crippen LogP contribution in [0.25, 0.3) is 17.2 Å². The highest BCUT2D eigenvalue weighted by Crippen LogP contribution is 2.47. The molecule has 2 aromatic heterocycles. The van der Waals surface area contributed by atoms with Crippen molar-refractivity contribution in [2.45, 2.75) is 49.9 Å². The average Bonchev–Trinajstić information content (AvgIpc) is 3.73. The minimum Gasteiger partial charge on any atom is -0.340 e. The van der Waals surface area contributed by atoms with Crippen molar-refractivity contribution in [3.63, 3.8) is 0 Å². The van der Waals surface area contributed by atoms with E-state index >= 15 is 0 Å². The normalized spacial score (nSPS) is 22.7. The summed E-state index contributed by atoms with van der Waals surface area (Å²) in [4.78, 5) is 13.1. The minimum atomic E-state index is -4.56. The third-order valence-electron chi connectivity index (χ3n) is 8.44. The van der Waals surface area contributed by atoms with Gasteiger partial charge in [0.1, 0.15) is 29.6 Å². The number of ether oxygens (including phenoxy) is 3. The summed E-state index contributed by atoms with van der Waals surface area (Å²) in [7, 11) is -3.04. The predicted molar refractivity (Wildman–Crippen MR) is 170 cm³/mol. The molecule has 236 valence electrons. The molecule has 0 spiro atoms. The standard InChI is InChI=1S/C34H33N5O6S/c1-5-26-27-30(36-21-35-26)39(22-37-27)31-28-29(44-33(2,3)43-28)32(42-31)45-46(40,41)38(4)34(23-15-9-6-10-16-23,24-17-11-7-12-18-24)25-19-13-8-14-20-25/h5-22,28-29,31-32H,1H2,2-4H3/t28-,29-,31-,32-/m1/s1. The number of fused-ring (bicyclic) bond motifs is 2. The maximum atomic E-state index is 14.6. The van der Waals surface area contributed by atoms with E-state index in [1.807, 2.05) is 91.0 Å². The lowest BCUT2D eigenvalue weighted by atomic mass is 9.77. The summed E-state index contributed by atoms with van der Waals surface area (Å²) >= 11 is 0. The monoisotopic (exact) mass is 639 g/mol. The summed E-state index contributed by atoms with van der Waals surface area (Å²) in [6.45, 7) is 7.33. The van der Waals surface area contributed by atoms with Gasteiger partial charge >= 0.3 is 10.3 Å². The van der Waals surface area contributed by atoms with Gasteiger partial charge in [-0.3, -0.25) is 4.57 Å². The molecule has 2 aliphatic heterocycles. The Morgan fingerprint density at radius 2 is 1.41 bits per heavy atom. The van der Waals surface area contributed by atoms with Crippen LogP contribution in [0.5, 0.6) is 0 Å². The zero-order valence-electron chi connectivity index (χ0n) is 25.5. The Hall–Kier alpha value is -4.30. The lowest BCUT2D eigenvalue weighted by Crippen LogP contribution is -2.50. The molecule has 12 heteroatoms. The van der Waals surface area contributed by atoms with Crippen LogP contribution < -0.4 is 0 Å². The van der Waals surface area contributed by atoms with E-state index in [0.29, 0.717) is 16.9 Å². The number of imidazole rings is 1. The highest BCUT2D eigenvalue weighted by Gasteiger charge is 2.59. The summed E-state index contributed by atoms with van der Waals surface area (Å²) in [5, 5.41) is 0. The van der Waals surface area contributed by atoms with Crippen LogP contribution in [-0.4, -0.2) is 63.6 Å². The second-order valence-corrected chi connectivity index (χ2v) is 13.2. The van der Waals surface area contributed by atoms with Gasteiger partial charge in [-0.15, -0.1) is 0 Å². The first-order valence-electron chi connectivity index (χ1n) is 14.8. The van der Waals surface area contributed by atoms with Crippen molar-refractivity contribution in [1.29, 1.82) is 0 Å². The Morgan fingerprint density at radius 3 is 1.96 bits per heavy atom. The second-order valence-electron chi connectivity index (χ2n) is 11.6.